The molecule has 0 bridgehead atoms. The Balaban J connectivity index is 1.47. The lowest BCUT2D eigenvalue weighted by Crippen LogP contribution is -2.25. The first kappa shape index (κ1) is 16.0. The summed E-state index contributed by atoms with van der Waals surface area (Å²) in [5.41, 5.74) is 2.13. The van der Waals surface area contributed by atoms with E-state index in [2.05, 4.69) is 11.4 Å². The molecular weight excluding hydrogens is 293 g/mol. The van der Waals surface area contributed by atoms with E-state index < -0.39 is 0 Å². The predicted octanol–water partition coefficient (Wildman–Crippen LogP) is 3.67. The molecule has 0 radical (unpaired) electrons. The average Bonchev–Trinajstić information content (AvgIpc) is 3.08. The number of rotatable bonds is 7. The summed E-state index contributed by atoms with van der Waals surface area (Å²) in [6.45, 7) is 3.01. The molecule has 1 heterocycles. The standard InChI is InChI=1S/C19H22FNO2/c20-17-8-6-15(7-9-17)14-23-18-4-1-3-16(11-18)12-21-13-19-5-2-10-22-19/h1,3-4,6-9,11,19,21H,2,5,10,12-14H2. The first-order valence-electron chi connectivity index (χ1n) is 8.08. The van der Waals surface area contributed by atoms with Crippen LogP contribution in [0.3, 0.4) is 0 Å². The molecule has 23 heavy (non-hydrogen) atoms. The van der Waals surface area contributed by atoms with Gasteiger partial charge in [-0.15, -0.1) is 0 Å². The SMILES string of the molecule is Fc1ccc(COc2cccc(CNCC3CCCO3)c2)cc1. The van der Waals surface area contributed by atoms with Crippen LogP contribution >= 0.6 is 0 Å². The normalized spacial score (nSPS) is 17.3. The summed E-state index contributed by atoms with van der Waals surface area (Å²) in [5.74, 6) is 0.596. The van der Waals surface area contributed by atoms with E-state index in [-0.39, 0.29) is 5.82 Å². The fourth-order valence-electron chi connectivity index (χ4n) is 2.68. The van der Waals surface area contributed by atoms with Crippen molar-refractivity contribution in [1.82, 2.24) is 5.32 Å². The summed E-state index contributed by atoms with van der Waals surface area (Å²) < 4.78 is 24.3. The monoisotopic (exact) mass is 315 g/mol. The number of ether oxygens (including phenoxy) is 2. The van der Waals surface area contributed by atoms with E-state index in [1.807, 2.05) is 18.2 Å². The van der Waals surface area contributed by atoms with Gasteiger partial charge in [-0.05, 0) is 48.2 Å². The van der Waals surface area contributed by atoms with Gasteiger partial charge in [-0.25, -0.2) is 4.39 Å². The van der Waals surface area contributed by atoms with Crippen molar-refractivity contribution in [1.29, 1.82) is 0 Å². The van der Waals surface area contributed by atoms with E-state index in [9.17, 15) is 4.39 Å². The van der Waals surface area contributed by atoms with Crippen LogP contribution in [-0.4, -0.2) is 19.3 Å². The highest BCUT2D eigenvalue weighted by Crippen LogP contribution is 2.16. The topological polar surface area (TPSA) is 30.5 Å². The number of nitrogens with one attached hydrogen (secondary N) is 1. The molecule has 2 aromatic carbocycles. The van der Waals surface area contributed by atoms with Gasteiger partial charge in [0.05, 0.1) is 6.10 Å². The van der Waals surface area contributed by atoms with Crippen LogP contribution in [0.5, 0.6) is 5.75 Å². The fourth-order valence-corrected chi connectivity index (χ4v) is 2.68. The molecule has 0 amide bonds. The summed E-state index contributed by atoms with van der Waals surface area (Å²) in [6, 6.07) is 14.4. The van der Waals surface area contributed by atoms with Crippen molar-refractivity contribution in [3.05, 3.63) is 65.5 Å². The average molecular weight is 315 g/mol. The quantitative estimate of drug-likeness (QED) is 0.845. The Bertz CT molecular complexity index is 609. The molecule has 1 saturated heterocycles. The maximum Gasteiger partial charge on any atom is 0.123 e. The minimum absolute atomic E-state index is 0.229. The minimum Gasteiger partial charge on any atom is -0.489 e. The predicted molar refractivity (Wildman–Crippen MR) is 87.9 cm³/mol. The van der Waals surface area contributed by atoms with Crippen LogP contribution in [0.4, 0.5) is 4.39 Å². The summed E-state index contributed by atoms with van der Waals surface area (Å²) in [7, 11) is 0. The highest BCUT2D eigenvalue weighted by molar-refractivity contribution is 5.29. The van der Waals surface area contributed by atoms with Gasteiger partial charge in [0.2, 0.25) is 0 Å². The molecule has 4 heteroatoms. The maximum absolute atomic E-state index is 12.9. The first-order valence-corrected chi connectivity index (χ1v) is 8.08. The zero-order valence-electron chi connectivity index (χ0n) is 13.1. The van der Waals surface area contributed by atoms with Gasteiger partial charge < -0.3 is 14.8 Å². The lowest BCUT2D eigenvalue weighted by molar-refractivity contribution is 0.110. The van der Waals surface area contributed by atoms with Gasteiger partial charge in [0.15, 0.2) is 0 Å². The third kappa shape index (κ3) is 5.05. The van der Waals surface area contributed by atoms with E-state index >= 15 is 0 Å². The molecule has 0 spiro atoms. The molecule has 0 saturated carbocycles. The third-order valence-electron chi connectivity index (χ3n) is 3.94. The molecule has 2 aromatic rings. The van der Waals surface area contributed by atoms with Crippen molar-refractivity contribution in [2.24, 2.45) is 0 Å². The Morgan fingerprint density at radius 1 is 1.13 bits per heavy atom. The van der Waals surface area contributed by atoms with Gasteiger partial charge in [-0.1, -0.05) is 24.3 Å². The fraction of sp³-hybridized carbons (Fsp3) is 0.368. The van der Waals surface area contributed by atoms with E-state index in [0.717, 1.165) is 37.4 Å². The van der Waals surface area contributed by atoms with Crippen LogP contribution in [0.15, 0.2) is 48.5 Å². The summed E-state index contributed by atoms with van der Waals surface area (Å²) in [4.78, 5) is 0. The summed E-state index contributed by atoms with van der Waals surface area (Å²) >= 11 is 0. The highest BCUT2D eigenvalue weighted by atomic mass is 19.1. The van der Waals surface area contributed by atoms with Crippen molar-refractivity contribution in [3.63, 3.8) is 0 Å². The Labute approximate surface area is 136 Å². The van der Waals surface area contributed by atoms with Gasteiger partial charge in [0.1, 0.15) is 18.2 Å². The molecule has 1 N–H and O–H groups in total. The van der Waals surface area contributed by atoms with Crippen LogP contribution in [0.25, 0.3) is 0 Å². The number of benzene rings is 2. The van der Waals surface area contributed by atoms with Crippen molar-refractivity contribution in [2.45, 2.75) is 32.1 Å². The van der Waals surface area contributed by atoms with Crippen LogP contribution in [0.2, 0.25) is 0 Å². The van der Waals surface area contributed by atoms with Crippen molar-refractivity contribution < 1.29 is 13.9 Å². The van der Waals surface area contributed by atoms with Gasteiger partial charge in [-0.3, -0.25) is 0 Å². The molecule has 0 aliphatic carbocycles. The zero-order chi connectivity index (χ0) is 15.9. The van der Waals surface area contributed by atoms with Crippen LogP contribution < -0.4 is 10.1 Å². The molecule has 3 rings (SSSR count). The lowest BCUT2D eigenvalue weighted by atomic mass is 10.2. The van der Waals surface area contributed by atoms with Crippen molar-refractivity contribution >= 4 is 0 Å². The third-order valence-corrected chi connectivity index (χ3v) is 3.94. The molecule has 0 aromatic heterocycles. The molecular formula is C19H22FNO2. The van der Waals surface area contributed by atoms with E-state index in [1.165, 1.54) is 24.1 Å². The molecule has 122 valence electrons. The van der Waals surface area contributed by atoms with Crippen molar-refractivity contribution in [3.8, 4) is 5.75 Å². The lowest BCUT2D eigenvalue weighted by Gasteiger charge is -2.12. The smallest absolute Gasteiger partial charge is 0.123 e. The molecule has 1 atom stereocenters. The largest absolute Gasteiger partial charge is 0.489 e. The number of hydrogen-bond acceptors (Lipinski definition) is 3. The van der Waals surface area contributed by atoms with Crippen molar-refractivity contribution in [2.75, 3.05) is 13.2 Å². The number of hydrogen-bond donors (Lipinski definition) is 1. The van der Waals surface area contributed by atoms with Crippen LogP contribution in [-0.2, 0) is 17.9 Å². The second kappa shape index (κ2) is 8.09. The van der Waals surface area contributed by atoms with Crippen LogP contribution in [0.1, 0.15) is 24.0 Å². The Hall–Kier alpha value is -1.91. The van der Waals surface area contributed by atoms with E-state index in [0.29, 0.717) is 12.7 Å². The number of halogens is 1. The first-order chi connectivity index (χ1) is 11.3. The van der Waals surface area contributed by atoms with E-state index in [4.69, 9.17) is 9.47 Å². The minimum atomic E-state index is -0.229. The second-order valence-electron chi connectivity index (χ2n) is 5.83. The summed E-state index contributed by atoms with van der Waals surface area (Å²) in [6.07, 6.45) is 2.67. The maximum atomic E-state index is 12.9. The molecule has 1 aliphatic rings. The molecule has 1 fully saturated rings. The van der Waals surface area contributed by atoms with Gasteiger partial charge >= 0.3 is 0 Å². The van der Waals surface area contributed by atoms with E-state index in [1.54, 1.807) is 12.1 Å². The zero-order valence-corrected chi connectivity index (χ0v) is 13.1. The van der Waals surface area contributed by atoms with Gasteiger partial charge in [-0.2, -0.15) is 0 Å². The Kier molecular flexibility index (Phi) is 5.61. The summed E-state index contributed by atoms with van der Waals surface area (Å²) in [5, 5.41) is 3.43. The van der Waals surface area contributed by atoms with Crippen LogP contribution in [0, 0.1) is 5.82 Å². The molecule has 1 aliphatic heterocycles. The van der Waals surface area contributed by atoms with Gasteiger partial charge in [0.25, 0.3) is 0 Å². The highest BCUT2D eigenvalue weighted by Gasteiger charge is 2.14. The molecule has 1 unspecified atom stereocenters. The Morgan fingerprint density at radius 2 is 2.00 bits per heavy atom. The van der Waals surface area contributed by atoms with Gasteiger partial charge in [0, 0.05) is 19.7 Å². The molecule has 3 nitrogen and oxygen atoms in total. The Morgan fingerprint density at radius 3 is 2.78 bits per heavy atom. The second-order valence-corrected chi connectivity index (χ2v) is 5.83.